The molecule has 112 valence electrons. The van der Waals surface area contributed by atoms with Gasteiger partial charge in [-0.2, -0.15) is 4.98 Å². The molecule has 4 nitrogen and oxygen atoms in total. The quantitative estimate of drug-likeness (QED) is 0.882. The minimum Gasteiger partial charge on any atom is -0.354 e. The summed E-state index contributed by atoms with van der Waals surface area (Å²) in [5, 5.41) is 5.51. The highest BCUT2D eigenvalue weighted by atomic mass is 19.1. The van der Waals surface area contributed by atoms with E-state index in [1.54, 1.807) is 13.0 Å². The average molecular weight is 296 g/mol. The molecule has 0 fully saturated rings. The first-order chi connectivity index (χ1) is 9.99. The fraction of sp³-hybridized carbons (Fsp3) is 0.286. The van der Waals surface area contributed by atoms with Gasteiger partial charge in [-0.25, -0.2) is 18.2 Å². The van der Waals surface area contributed by atoms with E-state index >= 15 is 0 Å². The molecule has 7 heteroatoms. The molecule has 0 aliphatic carbocycles. The third-order valence-corrected chi connectivity index (χ3v) is 2.65. The van der Waals surface area contributed by atoms with Crippen molar-refractivity contribution in [2.75, 3.05) is 17.2 Å². The molecule has 0 aliphatic rings. The first kappa shape index (κ1) is 15.1. The van der Waals surface area contributed by atoms with Crippen molar-refractivity contribution >= 4 is 17.5 Å². The Hall–Kier alpha value is -2.31. The van der Waals surface area contributed by atoms with Crippen molar-refractivity contribution in [3.63, 3.8) is 0 Å². The molecule has 21 heavy (non-hydrogen) atoms. The summed E-state index contributed by atoms with van der Waals surface area (Å²) in [6.07, 6.45) is 0.890. The zero-order chi connectivity index (χ0) is 15.4. The molecule has 0 bridgehead atoms. The van der Waals surface area contributed by atoms with Gasteiger partial charge in [0.15, 0.2) is 11.6 Å². The molecule has 2 aromatic rings. The number of hydrogen-bond donors (Lipinski definition) is 2. The molecule has 0 unspecified atom stereocenters. The van der Waals surface area contributed by atoms with Gasteiger partial charge in [0.05, 0.1) is 0 Å². The van der Waals surface area contributed by atoms with E-state index in [-0.39, 0.29) is 5.82 Å². The maximum absolute atomic E-state index is 13.6. The molecule has 1 heterocycles. The monoisotopic (exact) mass is 296 g/mol. The van der Waals surface area contributed by atoms with E-state index in [4.69, 9.17) is 0 Å². The van der Waals surface area contributed by atoms with Gasteiger partial charge in [0.2, 0.25) is 5.95 Å². The van der Waals surface area contributed by atoms with Gasteiger partial charge in [-0.15, -0.1) is 0 Å². The summed E-state index contributed by atoms with van der Waals surface area (Å²) in [6.45, 7) is 4.41. The summed E-state index contributed by atoms with van der Waals surface area (Å²) in [6, 6.07) is 2.75. The van der Waals surface area contributed by atoms with Crippen LogP contribution in [0.5, 0.6) is 0 Å². The second-order valence-electron chi connectivity index (χ2n) is 4.51. The highest BCUT2D eigenvalue weighted by molar-refractivity contribution is 5.59. The van der Waals surface area contributed by atoms with Crippen LogP contribution in [0, 0.1) is 24.4 Å². The largest absolute Gasteiger partial charge is 0.354 e. The number of nitrogens with one attached hydrogen (secondary N) is 2. The van der Waals surface area contributed by atoms with Crippen molar-refractivity contribution < 1.29 is 13.2 Å². The third kappa shape index (κ3) is 3.84. The fourth-order valence-corrected chi connectivity index (χ4v) is 1.74. The van der Waals surface area contributed by atoms with Crippen molar-refractivity contribution in [2.45, 2.75) is 20.3 Å². The van der Waals surface area contributed by atoms with E-state index in [2.05, 4.69) is 20.6 Å². The molecule has 0 saturated heterocycles. The molecule has 2 rings (SSSR count). The second kappa shape index (κ2) is 6.43. The van der Waals surface area contributed by atoms with Crippen molar-refractivity contribution in [1.82, 2.24) is 9.97 Å². The van der Waals surface area contributed by atoms with Crippen molar-refractivity contribution in [3.05, 3.63) is 41.3 Å². The lowest BCUT2D eigenvalue weighted by Gasteiger charge is -2.11. The van der Waals surface area contributed by atoms with Gasteiger partial charge < -0.3 is 10.6 Å². The van der Waals surface area contributed by atoms with Crippen LogP contribution in [0.15, 0.2) is 18.2 Å². The number of halogens is 3. The van der Waals surface area contributed by atoms with Crippen LogP contribution >= 0.6 is 0 Å². The van der Waals surface area contributed by atoms with Crippen LogP contribution in [0.25, 0.3) is 0 Å². The lowest BCUT2D eigenvalue weighted by atomic mass is 10.2. The summed E-state index contributed by atoms with van der Waals surface area (Å²) in [5.74, 6) is -2.42. The topological polar surface area (TPSA) is 49.8 Å². The van der Waals surface area contributed by atoms with E-state index in [1.807, 2.05) is 6.92 Å². The van der Waals surface area contributed by atoms with Crippen molar-refractivity contribution in [3.8, 4) is 0 Å². The Bertz CT molecular complexity index is 623. The third-order valence-electron chi connectivity index (χ3n) is 2.65. The maximum Gasteiger partial charge on any atom is 0.224 e. The van der Waals surface area contributed by atoms with Crippen LogP contribution in [0.2, 0.25) is 0 Å². The standard InChI is InChI=1S/C14H15F3N4/c1-3-4-18-14-19-8(2)5-12(21-14)20-13-10(16)6-9(15)7-11(13)17/h5-7H,3-4H2,1-2H3,(H2,18,19,20,21). The Kier molecular flexibility index (Phi) is 4.62. The Morgan fingerprint density at radius 2 is 1.71 bits per heavy atom. The first-order valence-electron chi connectivity index (χ1n) is 6.50. The van der Waals surface area contributed by atoms with E-state index < -0.39 is 23.1 Å². The molecular weight excluding hydrogens is 281 g/mol. The Balaban J connectivity index is 2.29. The summed E-state index contributed by atoms with van der Waals surface area (Å²) < 4.78 is 40.1. The molecule has 2 N–H and O–H groups in total. The van der Waals surface area contributed by atoms with Crippen LogP contribution in [0.1, 0.15) is 19.0 Å². The number of aromatic nitrogens is 2. The van der Waals surface area contributed by atoms with E-state index in [9.17, 15) is 13.2 Å². The number of aryl methyl sites for hydroxylation is 1. The van der Waals surface area contributed by atoms with Gasteiger partial charge in [0.25, 0.3) is 0 Å². The number of rotatable bonds is 5. The minimum absolute atomic E-state index is 0.227. The van der Waals surface area contributed by atoms with E-state index in [1.165, 1.54) is 0 Å². The first-order valence-corrected chi connectivity index (χ1v) is 6.50. The molecule has 0 aliphatic heterocycles. The summed E-state index contributed by atoms with van der Waals surface area (Å²) in [4.78, 5) is 8.27. The number of hydrogen-bond acceptors (Lipinski definition) is 4. The van der Waals surface area contributed by atoms with Crippen LogP contribution in [0.3, 0.4) is 0 Å². The number of anilines is 3. The van der Waals surface area contributed by atoms with Gasteiger partial charge in [0.1, 0.15) is 17.3 Å². The molecule has 1 aromatic heterocycles. The van der Waals surface area contributed by atoms with Gasteiger partial charge in [-0.1, -0.05) is 6.92 Å². The highest BCUT2D eigenvalue weighted by Gasteiger charge is 2.13. The zero-order valence-corrected chi connectivity index (χ0v) is 11.7. The van der Waals surface area contributed by atoms with E-state index in [0.29, 0.717) is 30.3 Å². The lowest BCUT2D eigenvalue weighted by molar-refractivity contribution is 0.548. The predicted molar refractivity (Wildman–Crippen MR) is 75.1 cm³/mol. The smallest absolute Gasteiger partial charge is 0.224 e. The molecule has 0 atom stereocenters. The molecular formula is C14H15F3N4. The predicted octanol–water partition coefficient (Wildman–Crippen LogP) is 3.77. The Labute approximate surface area is 120 Å². The highest BCUT2D eigenvalue weighted by Crippen LogP contribution is 2.24. The Morgan fingerprint density at radius 1 is 1.05 bits per heavy atom. The summed E-state index contributed by atoms with van der Waals surface area (Å²) in [7, 11) is 0. The molecule has 0 spiro atoms. The zero-order valence-electron chi connectivity index (χ0n) is 11.7. The molecule has 1 aromatic carbocycles. The molecule has 0 radical (unpaired) electrons. The number of benzene rings is 1. The maximum atomic E-state index is 13.6. The van der Waals surface area contributed by atoms with Crippen LogP contribution in [0.4, 0.5) is 30.6 Å². The second-order valence-corrected chi connectivity index (χ2v) is 4.51. The fourth-order valence-electron chi connectivity index (χ4n) is 1.74. The molecule has 0 amide bonds. The Morgan fingerprint density at radius 3 is 2.33 bits per heavy atom. The van der Waals surface area contributed by atoms with Gasteiger partial charge >= 0.3 is 0 Å². The van der Waals surface area contributed by atoms with Gasteiger partial charge in [0, 0.05) is 30.4 Å². The summed E-state index contributed by atoms with van der Waals surface area (Å²) in [5.41, 5.74) is 0.185. The number of nitrogens with zero attached hydrogens (tertiary/aromatic N) is 2. The van der Waals surface area contributed by atoms with Gasteiger partial charge in [-0.05, 0) is 13.3 Å². The van der Waals surface area contributed by atoms with Crippen molar-refractivity contribution in [1.29, 1.82) is 0 Å². The molecule has 0 saturated carbocycles. The van der Waals surface area contributed by atoms with Crippen molar-refractivity contribution in [2.24, 2.45) is 0 Å². The summed E-state index contributed by atoms with van der Waals surface area (Å²) >= 11 is 0. The average Bonchev–Trinajstić information content (AvgIpc) is 2.40. The van der Waals surface area contributed by atoms with Crippen LogP contribution in [-0.2, 0) is 0 Å². The van der Waals surface area contributed by atoms with Gasteiger partial charge in [-0.3, -0.25) is 0 Å². The van der Waals surface area contributed by atoms with Crippen LogP contribution in [-0.4, -0.2) is 16.5 Å². The normalized spacial score (nSPS) is 10.5. The SMILES string of the molecule is CCCNc1nc(C)cc(Nc2c(F)cc(F)cc2F)n1. The lowest BCUT2D eigenvalue weighted by Crippen LogP contribution is -2.08. The van der Waals surface area contributed by atoms with E-state index in [0.717, 1.165) is 6.42 Å². The minimum atomic E-state index is -1.02. The van der Waals surface area contributed by atoms with Crippen LogP contribution < -0.4 is 10.6 Å².